The minimum absolute atomic E-state index is 0.0712. The molecule has 0 atom stereocenters. The maximum absolute atomic E-state index is 13.1. The Hall–Kier alpha value is -2.04. The summed E-state index contributed by atoms with van der Waals surface area (Å²) in [6.07, 6.45) is 1.55. The first-order valence-corrected chi connectivity index (χ1v) is 7.27. The normalized spacial score (nSPS) is 10.7. The standard InChI is InChI=1S/C16H11Cl2FN2O/c17-13-4-2-1-3-12(13)16-21-11(9-22-16)8-20-10-5-6-15(19)14(18)7-10/h1-7,9,20H,8H2. The van der Waals surface area contributed by atoms with Gasteiger partial charge in [0.2, 0.25) is 5.89 Å². The lowest BCUT2D eigenvalue weighted by atomic mass is 10.2. The van der Waals surface area contributed by atoms with Crippen LogP contribution in [0.25, 0.3) is 11.5 Å². The van der Waals surface area contributed by atoms with E-state index in [4.69, 9.17) is 27.6 Å². The molecule has 1 aromatic heterocycles. The number of aromatic nitrogens is 1. The molecule has 6 heteroatoms. The van der Waals surface area contributed by atoms with Crippen LogP contribution in [0, 0.1) is 5.82 Å². The minimum Gasteiger partial charge on any atom is -0.444 e. The number of benzene rings is 2. The quantitative estimate of drug-likeness (QED) is 0.693. The van der Waals surface area contributed by atoms with Crippen molar-refractivity contribution >= 4 is 28.9 Å². The molecule has 0 fully saturated rings. The lowest BCUT2D eigenvalue weighted by molar-refractivity contribution is 0.573. The number of nitrogens with zero attached hydrogens (tertiary/aromatic N) is 1. The highest BCUT2D eigenvalue weighted by Crippen LogP contribution is 2.27. The molecule has 0 saturated carbocycles. The van der Waals surface area contributed by atoms with Gasteiger partial charge >= 0.3 is 0 Å². The molecule has 0 aliphatic rings. The van der Waals surface area contributed by atoms with Crippen LogP contribution in [-0.2, 0) is 6.54 Å². The molecule has 3 nitrogen and oxygen atoms in total. The summed E-state index contributed by atoms with van der Waals surface area (Å²) in [6, 6.07) is 11.8. The molecular formula is C16H11Cl2FN2O. The van der Waals surface area contributed by atoms with E-state index in [1.807, 2.05) is 18.2 Å². The van der Waals surface area contributed by atoms with E-state index in [0.717, 1.165) is 5.56 Å². The van der Waals surface area contributed by atoms with Gasteiger partial charge in [0.05, 0.1) is 27.8 Å². The van der Waals surface area contributed by atoms with E-state index in [0.29, 0.717) is 28.8 Å². The van der Waals surface area contributed by atoms with Crippen molar-refractivity contribution < 1.29 is 8.81 Å². The monoisotopic (exact) mass is 336 g/mol. The number of halogens is 3. The molecule has 0 radical (unpaired) electrons. The van der Waals surface area contributed by atoms with Crippen molar-refractivity contribution in [1.29, 1.82) is 0 Å². The highest BCUT2D eigenvalue weighted by molar-refractivity contribution is 6.33. The van der Waals surface area contributed by atoms with E-state index >= 15 is 0 Å². The third kappa shape index (κ3) is 3.24. The van der Waals surface area contributed by atoms with Crippen LogP contribution in [0.4, 0.5) is 10.1 Å². The van der Waals surface area contributed by atoms with Crippen molar-refractivity contribution in [2.24, 2.45) is 0 Å². The lowest BCUT2D eigenvalue weighted by Crippen LogP contribution is -1.99. The van der Waals surface area contributed by atoms with Gasteiger partial charge in [-0.3, -0.25) is 0 Å². The van der Waals surface area contributed by atoms with Gasteiger partial charge in [-0.2, -0.15) is 0 Å². The topological polar surface area (TPSA) is 38.1 Å². The van der Waals surface area contributed by atoms with Gasteiger partial charge in [0.25, 0.3) is 0 Å². The van der Waals surface area contributed by atoms with E-state index in [1.165, 1.54) is 12.1 Å². The zero-order valence-corrected chi connectivity index (χ0v) is 12.8. The first-order chi connectivity index (χ1) is 10.6. The van der Waals surface area contributed by atoms with Gasteiger partial charge in [-0.25, -0.2) is 9.37 Å². The lowest BCUT2D eigenvalue weighted by Gasteiger charge is -2.04. The molecule has 1 heterocycles. The Labute approximate surface area is 136 Å². The van der Waals surface area contributed by atoms with Crippen molar-refractivity contribution in [3.8, 4) is 11.5 Å². The van der Waals surface area contributed by atoms with E-state index in [-0.39, 0.29) is 5.02 Å². The smallest absolute Gasteiger partial charge is 0.227 e. The predicted molar refractivity (Wildman–Crippen MR) is 85.7 cm³/mol. The molecule has 0 bridgehead atoms. The first-order valence-electron chi connectivity index (χ1n) is 6.52. The van der Waals surface area contributed by atoms with Gasteiger partial charge < -0.3 is 9.73 Å². The number of oxazole rings is 1. The second-order valence-electron chi connectivity index (χ2n) is 4.61. The molecule has 0 spiro atoms. The molecule has 3 rings (SSSR count). The minimum atomic E-state index is -0.449. The summed E-state index contributed by atoms with van der Waals surface area (Å²) in [7, 11) is 0. The maximum atomic E-state index is 13.1. The van der Waals surface area contributed by atoms with Crippen molar-refractivity contribution in [2.45, 2.75) is 6.54 Å². The number of hydrogen-bond donors (Lipinski definition) is 1. The number of nitrogens with one attached hydrogen (secondary N) is 1. The van der Waals surface area contributed by atoms with Gasteiger partial charge in [-0.15, -0.1) is 0 Å². The first kappa shape index (κ1) is 14.9. The molecule has 0 amide bonds. The largest absolute Gasteiger partial charge is 0.444 e. The Morgan fingerprint density at radius 2 is 1.91 bits per heavy atom. The fourth-order valence-corrected chi connectivity index (χ4v) is 2.34. The van der Waals surface area contributed by atoms with Gasteiger partial charge in [-0.1, -0.05) is 35.3 Å². The summed E-state index contributed by atoms with van der Waals surface area (Å²) < 4.78 is 18.5. The second-order valence-corrected chi connectivity index (χ2v) is 5.42. The second kappa shape index (κ2) is 6.38. The van der Waals surface area contributed by atoms with Crippen LogP contribution >= 0.6 is 23.2 Å². The Balaban J connectivity index is 1.72. The van der Waals surface area contributed by atoms with Crippen molar-refractivity contribution in [3.63, 3.8) is 0 Å². The third-order valence-electron chi connectivity index (χ3n) is 3.05. The zero-order chi connectivity index (χ0) is 15.5. The predicted octanol–water partition coefficient (Wildman–Crippen LogP) is 5.40. The number of hydrogen-bond acceptors (Lipinski definition) is 3. The van der Waals surface area contributed by atoms with Gasteiger partial charge in [0.15, 0.2) is 0 Å². The molecular weight excluding hydrogens is 326 g/mol. The number of anilines is 1. The maximum Gasteiger partial charge on any atom is 0.227 e. The molecule has 1 N–H and O–H groups in total. The molecule has 22 heavy (non-hydrogen) atoms. The van der Waals surface area contributed by atoms with E-state index < -0.39 is 5.82 Å². The summed E-state index contributed by atoms with van der Waals surface area (Å²) in [5, 5.41) is 3.75. The van der Waals surface area contributed by atoms with Gasteiger partial charge in [0, 0.05) is 5.69 Å². The van der Waals surface area contributed by atoms with Crippen LogP contribution in [0.3, 0.4) is 0 Å². The van der Waals surface area contributed by atoms with Crippen LogP contribution in [0.1, 0.15) is 5.69 Å². The van der Waals surface area contributed by atoms with Gasteiger partial charge in [-0.05, 0) is 30.3 Å². The fraction of sp³-hybridized carbons (Fsp3) is 0.0625. The summed E-state index contributed by atoms with van der Waals surface area (Å²) in [6.45, 7) is 0.427. The summed E-state index contributed by atoms with van der Waals surface area (Å²) in [4.78, 5) is 4.38. The van der Waals surface area contributed by atoms with Crippen LogP contribution in [0.2, 0.25) is 10.0 Å². The van der Waals surface area contributed by atoms with E-state index in [2.05, 4.69) is 10.3 Å². The molecule has 112 valence electrons. The molecule has 0 aliphatic heterocycles. The van der Waals surface area contributed by atoms with Gasteiger partial charge in [0.1, 0.15) is 12.1 Å². The SMILES string of the molecule is Fc1ccc(NCc2coc(-c3ccccc3Cl)n2)cc1Cl. The average molecular weight is 337 g/mol. The Morgan fingerprint density at radius 1 is 1.09 bits per heavy atom. The van der Waals surface area contributed by atoms with Crippen LogP contribution in [-0.4, -0.2) is 4.98 Å². The number of rotatable bonds is 4. The van der Waals surface area contributed by atoms with Crippen molar-refractivity contribution in [3.05, 3.63) is 70.3 Å². The highest BCUT2D eigenvalue weighted by Gasteiger charge is 2.10. The third-order valence-corrected chi connectivity index (χ3v) is 3.67. The van der Waals surface area contributed by atoms with Crippen molar-refractivity contribution in [2.75, 3.05) is 5.32 Å². The van der Waals surface area contributed by atoms with Crippen LogP contribution in [0.5, 0.6) is 0 Å². The Bertz CT molecular complexity index is 804. The molecule has 2 aromatic carbocycles. The summed E-state index contributed by atoms with van der Waals surface area (Å²) in [5.41, 5.74) is 2.14. The highest BCUT2D eigenvalue weighted by atomic mass is 35.5. The van der Waals surface area contributed by atoms with Crippen LogP contribution in [0.15, 0.2) is 53.1 Å². The van der Waals surface area contributed by atoms with E-state index in [9.17, 15) is 4.39 Å². The summed E-state index contributed by atoms with van der Waals surface area (Å²) in [5.74, 6) is 0.00852. The fourth-order valence-electron chi connectivity index (χ4n) is 1.95. The molecule has 0 unspecified atom stereocenters. The molecule has 0 aliphatic carbocycles. The molecule has 3 aromatic rings. The Morgan fingerprint density at radius 3 is 2.68 bits per heavy atom. The van der Waals surface area contributed by atoms with E-state index in [1.54, 1.807) is 18.4 Å². The van der Waals surface area contributed by atoms with Crippen molar-refractivity contribution in [1.82, 2.24) is 4.98 Å². The zero-order valence-electron chi connectivity index (χ0n) is 11.3. The summed E-state index contributed by atoms with van der Waals surface area (Å²) >= 11 is 11.8. The average Bonchev–Trinajstić information content (AvgIpc) is 2.98. The Kier molecular flexibility index (Phi) is 4.32. The molecule has 0 saturated heterocycles. The van der Waals surface area contributed by atoms with Crippen LogP contribution < -0.4 is 5.32 Å².